The Hall–Kier alpha value is -1.10. The SMILES string of the molecule is CC(C)NCC(=O)N(CC(N)=O)C1CCCC1. The summed E-state index contributed by atoms with van der Waals surface area (Å²) < 4.78 is 0. The van der Waals surface area contributed by atoms with E-state index in [4.69, 9.17) is 5.73 Å². The Morgan fingerprint density at radius 2 is 1.94 bits per heavy atom. The summed E-state index contributed by atoms with van der Waals surface area (Å²) in [4.78, 5) is 24.7. The van der Waals surface area contributed by atoms with Gasteiger partial charge in [-0.2, -0.15) is 0 Å². The Morgan fingerprint density at radius 3 is 2.41 bits per heavy atom. The molecule has 1 fully saturated rings. The maximum Gasteiger partial charge on any atom is 0.237 e. The van der Waals surface area contributed by atoms with Crippen molar-refractivity contribution < 1.29 is 9.59 Å². The van der Waals surface area contributed by atoms with Crippen LogP contribution in [-0.4, -0.2) is 41.9 Å². The number of nitrogens with zero attached hydrogens (tertiary/aromatic N) is 1. The van der Waals surface area contributed by atoms with Crippen molar-refractivity contribution >= 4 is 11.8 Å². The van der Waals surface area contributed by atoms with Gasteiger partial charge in [-0.3, -0.25) is 9.59 Å². The van der Waals surface area contributed by atoms with Gasteiger partial charge in [-0.25, -0.2) is 0 Å². The van der Waals surface area contributed by atoms with E-state index in [2.05, 4.69) is 5.32 Å². The van der Waals surface area contributed by atoms with E-state index in [0.29, 0.717) is 0 Å². The maximum absolute atomic E-state index is 12.0. The summed E-state index contributed by atoms with van der Waals surface area (Å²) in [6, 6.07) is 0.460. The van der Waals surface area contributed by atoms with Crippen LogP contribution in [-0.2, 0) is 9.59 Å². The molecule has 0 aromatic carbocycles. The highest BCUT2D eigenvalue weighted by Crippen LogP contribution is 2.23. The summed E-state index contributed by atoms with van der Waals surface area (Å²) in [5.41, 5.74) is 5.20. The third-order valence-electron chi connectivity index (χ3n) is 3.07. The summed E-state index contributed by atoms with van der Waals surface area (Å²) >= 11 is 0. The summed E-state index contributed by atoms with van der Waals surface area (Å²) in [7, 11) is 0. The highest BCUT2D eigenvalue weighted by Gasteiger charge is 2.27. The largest absolute Gasteiger partial charge is 0.368 e. The highest BCUT2D eigenvalue weighted by molar-refractivity contribution is 5.85. The maximum atomic E-state index is 12.0. The van der Waals surface area contributed by atoms with Gasteiger partial charge in [-0.15, -0.1) is 0 Å². The third kappa shape index (κ3) is 4.73. The topological polar surface area (TPSA) is 75.4 Å². The molecule has 17 heavy (non-hydrogen) atoms. The summed E-state index contributed by atoms with van der Waals surface area (Å²) in [6.45, 7) is 4.30. The molecule has 0 unspecified atom stereocenters. The molecule has 1 rings (SSSR count). The van der Waals surface area contributed by atoms with Crippen LogP contribution in [0.1, 0.15) is 39.5 Å². The molecule has 2 amide bonds. The average Bonchev–Trinajstić information content (AvgIpc) is 2.75. The van der Waals surface area contributed by atoms with Crippen LogP contribution in [0, 0.1) is 0 Å². The first-order valence-corrected chi connectivity index (χ1v) is 6.32. The predicted molar refractivity (Wildman–Crippen MR) is 66.3 cm³/mol. The van der Waals surface area contributed by atoms with Gasteiger partial charge in [-0.1, -0.05) is 26.7 Å². The van der Waals surface area contributed by atoms with Gasteiger partial charge in [0.2, 0.25) is 11.8 Å². The van der Waals surface area contributed by atoms with Crippen molar-refractivity contribution in [1.29, 1.82) is 0 Å². The monoisotopic (exact) mass is 241 g/mol. The standard InChI is InChI=1S/C12H23N3O2/c1-9(2)14-7-12(17)15(8-11(13)16)10-5-3-4-6-10/h9-10,14H,3-8H2,1-2H3,(H2,13,16). The second-order valence-electron chi connectivity index (χ2n) is 4.96. The van der Waals surface area contributed by atoms with Gasteiger partial charge >= 0.3 is 0 Å². The number of carbonyl (C=O) groups is 2. The number of hydrogen-bond donors (Lipinski definition) is 2. The molecule has 3 N–H and O–H groups in total. The van der Waals surface area contributed by atoms with Crippen LogP contribution < -0.4 is 11.1 Å². The number of rotatable bonds is 6. The number of nitrogens with one attached hydrogen (secondary N) is 1. The van der Waals surface area contributed by atoms with Crippen molar-refractivity contribution in [2.75, 3.05) is 13.1 Å². The highest BCUT2D eigenvalue weighted by atomic mass is 16.2. The molecule has 0 radical (unpaired) electrons. The summed E-state index contributed by atoms with van der Waals surface area (Å²) in [5.74, 6) is -0.459. The Balaban J connectivity index is 2.54. The zero-order valence-electron chi connectivity index (χ0n) is 10.7. The minimum Gasteiger partial charge on any atom is -0.368 e. The molecule has 0 spiro atoms. The molecule has 0 aromatic rings. The van der Waals surface area contributed by atoms with Crippen molar-refractivity contribution in [2.24, 2.45) is 5.73 Å². The normalized spacial score (nSPS) is 16.4. The Kier molecular flexibility index (Phi) is 5.41. The molecule has 5 heteroatoms. The van der Waals surface area contributed by atoms with Crippen molar-refractivity contribution in [1.82, 2.24) is 10.2 Å². The van der Waals surface area contributed by atoms with Gasteiger partial charge in [0.05, 0.1) is 13.1 Å². The van der Waals surface area contributed by atoms with Gasteiger partial charge < -0.3 is 16.0 Å². The number of primary amides is 1. The van der Waals surface area contributed by atoms with Crippen LogP contribution in [0.3, 0.4) is 0 Å². The van der Waals surface area contributed by atoms with E-state index in [-0.39, 0.29) is 31.1 Å². The summed E-state index contributed by atoms with van der Waals surface area (Å²) in [5, 5.41) is 3.08. The van der Waals surface area contributed by atoms with E-state index in [1.165, 1.54) is 0 Å². The van der Waals surface area contributed by atoms with Gasteiger partial charge in [-0.05, 0) is 12.8 Å². The molecule has 1 aliphatic rings. The molecule has 0 aromatic heterocycles. The second-order valence-corrected chi connectivity index (χ2v) is 4.96. The van der Waals surface area contributed by atoms with E-state index in [9.17, 15) is 9.59 Å². The Bertz CT molecular complexity index is 273. The van der Waals surface area contributed by atoms with Crippen LogP contribution in [0.2, 0.25) is 0 Å². The molecule has 1 saturated carbocycles. The summed E-state index contributed by atoms with van der Waals surface area (Å²) in [6.07, 6.45) is 4.23. The second kappa shape index (κ2) is 6.59. The smallest absolute Gasteiger partial charge is 0.237 e. The average molecular weight is 241 g/mol. The lowest BCUT2D eigenvalue weighted by molar-refractivity contribution is -0.136. The lowest BCUT2D eigenvalue weighted by Crippen LogP contribution is -2.48. The fourth-order valence-electron chi connectivity index (χ4n) is 2.20. The minimum absolute atomic E-state index is 0.0237. The van der Waals surface area contributed by atoms with Gasteiger partial charge in [0.25, 0.3) is 0 Å². The van der Waals surface area contributed by atoms with Crippen LogP contribution in [0.5, 0.6) is 0 Å². The molecule has 0 saturated heterocycles. The van der Waals surface area contributed by atoms with E-state index < -0.39 is 5.91 Å². The first-order valence-electron chi connectivity index (χ1n) is 6.32. The first-order chi connectivity index (χ1) is 8.00. The first kappa shape index (κ1) is 14.0. The van der Waals surface area contributed by atoms with Crippen molar-refractivity contribution in [3.63, 3.8) is 0 Å². The van der Waals surface area contributed by atoms with E-state index in [1.807, 2.05) is 13.8 Å². The zero-order chi connectivity index (χ0) is 12.8. The predicted octanol–water partition coefficient (Wildman–Crippen LogP) is 0.241. The van der Waals surface area contributed by atoms with Crippen LogP contribution in [0.15, 0.2) is 0 Å². The fraction of sp³-hybridized carbons (Fsp3) is 0.833. The Morgan fingerprint density at radius 1 is 1.35 bits per heavy atom. The van der Waals surface area contributed by atoms with Crippen LogP contribution >= 0.6 is 0 Å². The van der Waals surface area contributed by atoms with Crippen molar-refractivity contribution in [2.45, 2.75) is 51.6 Å². The van der Waals surface area contributed by atoms with Crippen molar-refractivity contribution in [3.8, 4) is 0 Å². The van der Waals surface area contributed by atoms with Crippen LogP contribution in [0.25, 0.3) is 0 Å². The molecule has 0 aliphatic heterocycles. The molecular weight excluding hydrogens is 218 g/mol. The van der Waals surface area contributed by atoms with Gasteiger partial charge in [0.15, 0.2) is 0 Å². The van der Waals surface area contributed by atoms with E-state index in [1.54, 1.807) is 4.90 Å². The van der Waals surface area contributed by atoms with E-state index in [0.717, 1.165) is 25.7 Å². The molecular formula is C12H23N3O2. The minimum atomic E-state index is -0.435. The number of amides is 2. The Labute approximate surface area is 103 Å². The number of carbonyl (C=O) groups excluding carboxylic acids is 2. The lowest BCUT2D eigenvalue weighted by Gasteiger charge is -2.28. The van der Waals surface area contributed by atoms with Gasteiger partial charge in [0, 0.05) is 12.1 Å². The molecule has 0 atom stereocenters. The van der Waals surface area contributed by atoms with Crippen LogP contribution in [0.4, 0.5) is 0 Å². The van der Waals surface area contributed by atoms with Crippen molar-refractivity contribution in [3.05, 3.63) is 0 Å². The van der Waals surface area contributed by atoms with Gasteiger partial charge in [0.1, 0.15) is 0 Å². The molecule has 1 aliphatic carbocycles. The van der Waals surface area contributed by atoms with E-state index >= 15 is 0 Å². The third-order valence-corrected chi connectivity index (χ3v) is 3.07. The molecule has 0 bridgehead atoms. The zero-order valence-corrected chi connectivity index (χ0v) is 10.7. The number of nitrogens with two attached hydrogens (primary N) is 1. The number of hydrogen-bond acceptors (Lipinski definition) is 3. The molecule has 5 nitrogen and oxygen atoms in total. The molecule has 98 valence electrons. The fourth-order valence-corrected chi connectivity index (χ4v) is 2.20. The quantitative estimate of drug-likeness (QED) is 0.699. The lowest BCUT2D eigenvalue weighted by atomic mass is 10.2. The molecule has 0 heterocycles.